The summed E-state index contributed by atoms with van der Waals surface area (Å²) in [5.41, 5.74) is 1.73. The van der Waals surface area contributed by atoms with E-state index in [-0.39, 0.29) is 50.9 Å². The SMILES string of the molecule is COC(=O)[C@H]1OC(Oc2ccc(CO)cc2C(=O)NCCOCCOCCONC(=O)OC(C)(C)C)[C@H](OC(C)=O)[C@@H](OC(C)=O)[C@@H]1OC(C)=O. The van der Waals surface area contributed by atoms with Crippen LogP contribution in [0.25, 0.3) is 0 Å². The van der Waals surface area contributed by atoms with E-state index >= 15 is 0 Å². The third kappa shape index (κ3) is 15.1. The largest absolute Gasteiger partial charge is 0.467 e. The standard InChI is InChI=1S/C32H46N2O17/c1-18(36)46-24-25(47-19(2)37)27(48-20(3)38)30(50-26(24)29(40)42-7)49-23-9-8-21(17-35)16-22(23)28(39)33-10-11-43-12-13-44-14-15-45-34-31(41)51-32(4,5)6/h8-9,16,24-27,30,35H,10-15,17H2,1-7H3,(H,33,39)(H,34,41)/t24-,25-,26-,27+,30?/m0/s1. The summed E-state index contributed by atoms with van der Waals surface area (Å²) in [7, 11) is 1.04. The molecular formula is C32H46N2O17. The van der Waals surface area contributed by atoms with Gasteiger partial charge < -0.3 is 53.1 Å². The highest BCUT2D eigenvalue weighted by atomic mass is 16.7. The summed E-state index contributed by atoms with van der Waals surface area (Å²) in [6.45, 7) is 8.62. The Labute approximate surface area is 294 Å². The Morgan fingerprint density at radius 2 is 1.41 bits per heavy atom. The number of benzene rings is 1. The first-order valence-electron chi connectivity index (χ1n) is 15.8. The van der Waals surface area contributed by atoms with Crippen molar-refractivity contribution in [2.24, 2.45) is 0 Å². The van der Waals surface area contributed by atoms with Crippen LogP contribution in [0.4, 0.5) is 4.79 Å². The molecule has 3 N–H and O–H groups in total. The third-order valence-electron chi connectivity index (χ3n) is 6.34. The summed E-state index contributed by atoms with van der Waals surface area (Å²) in [6, 6.07) is 4.12. The van der Waals surface area contributed by atoms with Crippen molar-refractivity contribution in [3.05, 3.63) is 29.3 Å². The maximum absolute atomic E-state index is 13.3. The molecular weight excluding hydrogens is 684 g/mol. The van der Waals surface area contributed by atoms with Gasteiger partial charge in [0.15, 0.2) is 18.3 Å². The smallest absolute Gasteiger partial charge is 0.431 e. The number of amides is 2. The van der Waals surface area contributed by atoms with Gasteiger partial charge in [-0.05, 0) is 38.5 Å². The average Bonchev–Trinajstić information content (AvgIpc) is 3.04. The zero-order chi connectivity index (χ0) is 38.1. The first-order valence-corrected chi connectivity index (χ1v) is 15.8. The number of esters is 4. The molecule has 1 unspecified atom stereocenters. The van der Waals surface area contributed by atoms with Crippen LogP contribution >= 0.6 is 0 Å². The van der Waals surface area contributed by atoms with Crippen molar-refractivity contribution in [1.82, 2.24) is 10.8 Å². The quantitative estimate of drug-likeness (QED) is 0.0805. The van der Waals surface area contributed by atoms with Crippen LogP contribution in [-0.4, -0.2) is 124 Å². The molecule has 5 atom stereocenters. The molecule has 2 rings (SSSR count). The molecule has 1 aliphatic heterocycles. The Morgan fingerprint density at radius 3 is 2.00 bits per heavy atom. The lowest BCUT2D eigenvalue weighted by Gasteiger charge is -2.43. The maximum atomic E-state index is 13.3. The number of methoxy groups -OCH3 is 1. The van der Waals surface area contributed by atoms with Crippen molar-refractivity contribution >= 4 is 35.9 Å². The molecule has 1 heterocycles. The molecule has 1 aliphatic rings. The van der Waals surface area contributed by atoms with Crippen molar-refractivity contribution in [2.45, 2.75) is 84.5 Å². The van der Waals surface area contributed by atoms with Gasteiger partial charge in [0.1, 0.15) is 11.4 Å². The molecule has 51 heavy (non-hydrogen) atoms. The predicted molar refractivity (Wildman–Crippen MR) is 170 cm³/mol. The number of aliphatic hydroxyl groups excluding tert-OH is 1. The molecule has 0 saturated carbocycles. The topological polar surface area (TPSA) is 239 Å². The second-order valence-corrected chi connectivity index (χ2v) is 11.7. The van der Waals surface area contributed by atoms with Crippen LogP contribution in [0.1, 0.15) is 57.5 Å². The molecule has 0 spiro atoms. The van der Waals surface area contributed by atoms with E-state index in [2.05, 4.69) is 10.8 Å². The zero-order valence-electron chi connectivity index (χ0n) is 29.5. The van der Waals surface area contributed by atoms with E-state index in [0.29, 0.717) is 5.56 Å². The lowest BCUT2D eigenvalue weighted by atomic mass is 9.97. The Kier molecular flexibility index (Phi) is 17.5. The molecule has 0 radical (unpaired) electrons. The highest BCUT2D eigenvalue weighted by Crippen LogP contribution is 2.32. The van der Waals surface area contributed by atoms with Crippen LogP contribution < -0.4 is 15.5 Å². The van der Waals surface area contributed by atoms with E-state index in [0.717, 1.165) is 27.9 Å². The molecule has 2 amide bonds. The maximum Gasteiger partial charge on any atom is 0.431 e. The number of carbonyl (C=O) groups excluding carboxylic acids is 6. The molecule has 1 saturated heterocycles. The van der Waals surface area contributed by atoms with Gasteiger partial charge in [-0.1, -0.05) is 6.07 Å². The molecule has 1 aromatic rings. The number of carbonyl (C=O) groups is 6. The van der Waals surface area contributed by atoms with E-state index in [1.54, 1.807) is 20.8 Å². The Morgan fingerprint density at radius 1 is 0.824 bits per heavy atom. The minimum atomic E-state index is -1.71. The number of nitrogens with one attached hydrogen (secondary N) is 2. The third-order valence-corrected chi connectivity index (χ3v) is 6.34. The van der Waals surface area contributed by atoms with Gasteiger partial charge in [-0.3, -0.25) is 24.0 Å². The van der Waals surface area contributed by atoms with Gasteiger partial charge in [0, 0.05) is 27.3 Å². The van der Waals surface area contributed by atoms with E-state index < -0.39 is 78.8 Å². The first-order chi connectivity index (χ1) is 24.1. The number of hydrogen-bond donors (Lipinski definition) is 3. The van der Waals surface area contributed by atoms with Crippen LogP contribution in [-0.2, 0) is 68.5 Å². The van der Waals surface area contributed by atoms with Crippen LogP contribution in [0.5, 0.6) is 5.75 Å². The lowest BCUT2D eigenvalue weighted by molar-refractivity contribution is -0.282. The highest BCUT2D eigenvalue weighted by Gasteiger charge is 2.56. The van der Waals surface area contributed by atoms with Crippen LogP contribution in [0.15, 0.2) is 18.2 Å². The van der Waals surface area contributed by atoms with E-state index in [1.807, 2.05) is 0 Å². The summed E-state index contributed by atoms with van der Waals surface area (Å²) >= 11 is 0. The van der Waals surface area contributed by atoms with Gasteiger partial charge in [0.25, 0.3) is 5.91 Å². The summed E-state index contributed by atoms with van der Waals surface area (Å²) in [4.78, 5) is 78.6. The molecule has 286 valence electrons. The summed E-state index contributed by atoms with van der Waals surface area (Å²) < 4.78 is 48.3. The van der Waals surface area contributed by atoms with Gasteiger partial charge in [-0.2, -0.15) is 5.48 Å². The Balaban J connectivity index is 2.07. The molecule has 0 aliphatic carbocycles. The van der Waals surface area contributed by atoms with Crippen molar-refractivity contribution in [1.29, 1.82) is 0 Å². The predicted octanol–water partition coefficient (Wildman–Crippen LogP) is 0.470. The Bertz CT molecular complexity index is 1350. The lowest BCUT2D eigenvalue weighted by Crippen LogP contribution is -2.64. The van der Waals surface area contributed by atoms with Crippen molar-refractivity contribution in [3.8, 4) is 5.75 Å². The molecule has 1 fully saturated rings. The first kappa shape index (κ1) is 42.6. The van der Waals surface area contributed by atoms with Crippen molar-refractivity contribution in [2.75, 3.05) is 46.7 Å². The monoisotopic (exact) mass is 730 g/mol. The van der Waals surface area contributed by atoms with Crippen LogP contribution in [0.2, 0.25) is 0 Å². The normalized spacial score (nSPS) is 20.0. The Hall–Kier alpha value is -4.56. The van der Waals surface area contributed by atoms with E-state index in [9.17, 15) is 33.9 Å². The molecule has 1 aromatic carbocycles. The molecule has 19 heteroatoms. The van der Waals surface area contributed by atoms with Gasteiger partial charge in [-0.15, -0.1) is 0 Å². The fraction of sp³-hybridized carbons (Fsp3) is 0.625. The highest BCUT2D eigenvalue weighted by molar-refractivity contribution is 5.97. The van der Waals surface area contributed by atoms with Gasteiger partial charge >= 0.3 is 30.0 Å². The number of hydrogen-bond acceptors (Lipinski definition) is 17. The summed E-state index contributed by atoms with van der Waals surface area (Å²) in [6.07, 6.45) is -8.96. The number of aliphatic hydroxyl groups is 1. The van der Waals surface area contributed by atoms with Gasteiger partial charge in [0.05, 0.1) is 52.3 Å². The van der Waals surface area contributed by atoms with Crippen molar-refractivity contribution < 1.29 is 81.3 Å². The summed E-state index contributed by atoms with van der Waals surface area (Å²) in [5, 5.41) is 12.4. The fourth-order valence-corrected chi connectivity index (χ4v) is 4.42. The van der Waals surface area contributed by atoms with E-state index in [4.69, 9.17) is 47.5 Å². The van der Waals surface area contributed by atoms with E-state index in [1.165, 1.54) is 18.2 Å². The van der Waals surface area contributed by atoms with Crippen LogP contribution in [0, 0.1) is 0 Å². The molecule has 0 aromatic heterocycles. The molecule has 0 bridgehead atoms. The average molecular weight is 731 g/mol. The van der Waals surface area contributed by atoms with Gasteiger partial charge in [0.2, 0.25) is 12.4 Å². The van der Waals surface area contributed by atoms with Crippen LogP contribution in [0.3, 0.4) is 0 Å². The van der Waals surface area contributed by atoms with Gasteiger partial charge in [-0.25, -0.2) is 9.59 Å². The zero-order valence-corrected chi connectivity index (χ0v) is 29.5. The minimum Gasteiger partial charge on any atom is -0.467 e. The molecule has 19 nitrogen and oxygen atoms in total. The second-order valence-electron chi connectivity index (χ2n) is 11.7. The summed E-state index contributed by atoms with van der Waals surface area (Å²) in [5.74, 6) is -4.44. The second kappa shape index (κ2) is 21.0. The number of ether oxygens (including phenoxy) is 9. The number of rotatable bonds is 18. The van der Waals surface area contributed by atoms with Crippen molar-refractivity contribution in [3.63, 3.8) is 0 Å². The number of hydroxylamine groups is 1. The minimum absolute atomic E-state index is 0.0452. The fourth-order valence-electron chi connectivity index (χ4n) is 4.42.